The van der Waals surface area contributed by atoms with Gasteiger partial charge in [-0.2, -0.15) is 0 Å². The Morgan fingerprint density at radius 2 is 1.86 bits per heavy atom. The molecule has 0 heterocycles. The fourth-order valence-electron chi connectivity index (χ4n) is 8.36. The monoisotopic (exact) mass is 407 g/mol. The van der Waals surface area contributed by atoms with E-state index in [2.05, 4.69) is 13.8 Å². The van der Waals surface area contributed by atoms with Crippen molar-refractivity contribution in [1.82, 2.24) is 0 Å². The van der Waals surface area contributed by atoms with E-state index in [1.54, 1.807) is 0 Å². The number of rotatable bonds is 4. The van der Waals surface area contributed by atoms with E-state index in [4.69, 9.17) is 4.74 Å². The number of nitro groups is 1. The molecule has 6 nitrogen and oxygen atoms in total. The van der Waals surface area contributed by atoms with Gasteiger partial charge in [-0.05, 0) is 92.3 Å². The zero-order chi connectivity index (χ0) is 21.0. The Morgan fingerprint density at radius 3 is 2.55 bits per heavy atom. The van der Waals surface area contributed by atoms with Crippen LogP contribution < -0.4 is 0 Å². The molecule has 4 saturated carbocycles. The van der Waals surface area contributed by atoms with E-state index in [9.17, 15) is 20.0 Å². The van der Waals surface area contributed by atoms with Gasteiger partial charge in [0.2, 0.25) is 6.54 Å². The summed E-state index contributed by atoms with van der Waals surface area (Å²) in [7, 11) is 0. The van der Waals surface area contributed by atoms with Gasteiger partial charge in [-0.25, -0.2) is 0 Å². The first kappa shape index (κ1) is 21.1. The Balaban J connectivity index is 1.53. The van der Waals surface area contributed by atoms with Crippen molar-refractivity contribution in [2.75, 3.05) is 6.54 Å². The van der Waals surface area contributed by atoms with Crippen molar-refractivity contribution >= 4 is 5.97 Å². The largest absolute Gasteiger partial charge is 0.463 e. The van der Waals surface area contributed by atoms with Gasteiger partial charge in [0.05, 0.1) is 5.60 Å². The fourth-order valence-corrected chi connectivity index (χ4v) is 8.36. The molecule has 0 radical (unpaired) electrons. The van der Waals surface area contributed by atoms with Crippen molar-refractivity contribution < 1.29 is 19.6 Å². The first-order valence-corrected chi connectivity index (χ1v) is 11.6. The van der Waals surface area contributed by atoms with Crippen LogP contribution in [0.3, 0.4) is 0 Å². The highest BCUT2D eigenvalue weighted by Gasteiger charge is 2.67. The molecule has 4 aliphatic carbocycles. The van der Waals surface area contributed by atoms with Gasteiger partial charge in [0.15, 0.2) is 0 Å². The molecule has 0 amide bonds. The summed E-state index contributed by atoms with van der Waals surface area (Å²) in [6.07, 6.45) is 9.52. The van der Waals surface area contributed by atoms with E-state index in [0.29, 0.717) is 24.2 Å². The van der Waals surface area contributed by atoms with Crippen molar-refractivity contribution in [3.05, 3.63) is 10.1 Å². The number of esters is 1. The topological polar surface area (TPSA) is 89.7 Å². The molecule has 0 bridgehead atoms. The quantitative estimate of drug-likeness (QED) is 0.425. The second-order valence-electron chi connectivity index (χ2n) is 11.0. The number of aliphatic hydroxyl groups is 1. The van der Waals surface area contributed by atoms with Gasteiger partial charge in [-0.1, -0.05) is 13.8 Å². The molecule has 2 unspecified atom stereocenters. The number of hydrogen-bond acceptors (Lipinski definition) is 5. The minimum absolute atomic E-state index is 0.0156. The molecule has 164 valence electrons. The van der Waals surface area contributed by atoms with E-state index < -0.39 is 5.60 Å². The summed E-state index contributed by atoms with van der Waals surface area (Å²) in [6, 6.07) is 0. The maximum atomic E-state index is 12.0. The van der Waals surface area contributed by atoms with Crippen LogP contribution in [-0.2, 0) is 9.53 Å². The normalized spacial score (nSPS) is 48.9. The third-order valence-corrected chi connectivity index (χ3v) is 9.99. The number of nitrogens with zero attached hydrogens (tertiary/aromatic N) is 1. The smallest absolute Gasteiger partial charge is 0.302 e. The van der Waals surface area contributed by atoms with E-state index in [0.717, 1.165) is 57.8 Å². The number of fused-ring (bicyclic) bond motifs is 5. The molecule has 0 saturated heterocycles. The summed E-state index contributed by atoms with van der Waals surface area (Å²) in [5.41, 5.74) is -0.671. The van der Waals surface area contributed by atoms with Gasteiger partial charge in [0.1, 0.15) is 6.10 Å². The first-order chi connectivity index (χ1) is 13.6. The zero-order valence-electron chi connectivity index (χ0n) is 18.2. The molecular formula is C23H37NO5. The van der Waals surface area contributed by atoms with Gasteiger partial charge in [0.25, 0.3) is 0 Å². The highest BCUT2D eigenvalue weighted by molar-refractivity contribution is 5.66. The SMILES string of the molecule is CC(=O)OC1CC[C@@]2(C)C(CC[C@@H]3[C@@H]2CC[C@]2(C)[C@@H](CC[N+](=O)[O-])CC[C@@]32O)C1. The molecule has 4 aliphatic rings. The zero-order valence-corrected chi connectivity index (χ0v) is 18.2. The second-order valence-corrected chi connectivity index (χ2v) is 11.0. The third kappa shape index (κ3) is 3.21. The van der Waals surface area contributed by atoms with Gasteiger partial charge < -0.3 is 9.84 Å². The minimum atomic E-state index is -0.683. The average molecular weight is 408 g/mol. The van der Waals surface area contributed by atoms with Crippen LogP contribution in [0.1, 0.15) is 85.0 Å². The van der Waals surface area contributed by atoms with Crippen molar-refractivity contribution in [2.24, 2.45) is 34.5 Å². The van der Waals surface area contributed by atoms with Crippen LogP contribution in [0.5, 0.6) is 0 Å². The Hall–Kier alpha value is -1.17. The standard InChI is InChI=1S/C23H37NO5/c1-15(25)29-18-7-10-21(2)17(14-18)4-5-20-19(21)8-11-22(3)16(9-13-24(27)28)6-12-23(20,22)26/h16-20,26H,4-14H2,1-3H3/t16-,17?,18?,19+,20-,21+,22-,23-/m1/s1. The van der Waals surface area contributed by atoms with Crippen LogP contribution in [-0.4, -0.2) is 34.2 Å². The van der Waals surface area contributed by atoms with Crippen LogP contribution in [0.25, 0.3) is 0 Å². The Kier molecular flexibility index (Phi) is 5.24. The molecular weight excluding hydrogens is 370 g/mol. The number of ether oxygens (including phenoxy) is 1. The second kappa shape index (κ2) is 7.21. The summed E-state index contributed by atoms with van der Waals surface area (Å²) in [5.74, 6) is 1.44. The number of hydrogen-bond donors (Lipinski definition) is 1. The van der Waals surface area contributed by atoms with Crippen molar-refractivity contribution in [3.8, 4) is 0 Å². The van der Waals surface area contributed by atoms with Crippen LogP contribution in [0, 0.1) is 44.6 Å². The predicted octanol–water partition coefficient (Wildman–Crippen LogP) is 4.36. The number of carbonyl (C=O) groups excluding carboxylic acids is 1. The molecule has 0 aliphatic heterocycles. The van der Waals surface area contributed by atoms with E-state index in [-0.39, 0.29) is 40.3 Å². The summed E-state index contributed by atoms with van der Waals surface area (Å²) < 4.78 is 5.54. The first-order valence-electron chi connectivity index (χ1n) is 11.6. The Bertz CT molecular complexity index is 682. The van der Waals surface area contributed by atoms with Crippen LogP contribution in [0.2, 0.25) is 0 Å². The maximum Gasteiger partial charge on any atom is 0.302 e. The highest BCUT2D eigenvalue weighted by Crippen LogP contribution is 2.69. The molecule has 4 fully saturated rings. The maximum absolute atomic E-state index is 12.0. The molecule has 1 N–H and O–H groups in total. The van der Waals surface area contributed by atoms with Gasteiger partial charge in [-0.3, -0.25) is 14.9 Å². The van der Waals surface area contributed by atoms with Gasteiger partial charge in [-0.15, -0.1) is 0 Å². The molecule has 29 heavy (non-hydrogen) atoms. The van der Waals surface area contributed by atoms with Gasteiger partial charge in [0, 0.05) is 18.3 Å². The van der Waals surface area contributed by atoms with E-state index in [1.807, 2.05) is 0 Å². The Morgan fingerprint density at radius 1 is 1.10 bits per heavy atom. The van der Waals surface area contributed by atoms with E-state index in [1.165, 1.54) is 6.92 Å². The third-order valence-electron chi connectivity index (χ3n) is 9.99. The summed E-state index contributed by atoms with van der Waals surface area (Å²) in [6.45, 7) is 6.15. The summed E-state index contributed by atoms with van der Waals surface area (Å²) in [4.78, 5) is 22.1. The molecule has 0 spiro atoms. The molecule has 8 atom stereocenters. The summed E-state index contributed by atoms with van der Waals surface area (Å²) in [5, 5.41) is 23.0. The lowest BCUT2D eigenvalue weighted by Gasteiger charge is -2.63. The highest BCUT2D eigenvalue weighted by atomic mass is 16.6. The molecule has 0 aromatic heterocycles. The predicted molar refractivity (Wildman–Crippen MR) is 109 cm³/mol. The minimum Gasteiger partial charge on any atom is -0.463 e. The van der Waals surface area contributed by atoms with E-state index >= 15 is 0 Å². The van der Waals surface area contributed by atoms with Crippen LogP contribution in [0.15, 0.2) is 0 Å². The lowest BCUT2D eigenvalue weighted by atomic mass is 9.43. The molecule has 4 rings (SSSR count). The molecule has 0 aromatic rings. The summed E-state index contributed by atoms with van der Waals surface area (Å²) >= 11 is 0. The van der Waals surface area contributed by atoms with Crippen LogP contribution in [0.4, 0.5) is 0 Å². The number of carbonyl (C=O) groups is 1. The molecule has 0 aromatic carbocycles. The average Bonchev–Trinajstić information content (AvgIpc) is 2.91. The van der Waals surface area contributed by atoms with Crippen LogP contribution >= 0.6 is 0 Å². The van der Waals surface area contributed by atoms with Crippen molar-refractivity contribution in [3.63, 3.8) is 0 Å². The van der Waals surface area contributed by atoms with Gasteiger partial charge >= 0.3 is 5.97 Å². The lowest BCUT2D eigenvalue weighted by Crippen LogP contribution is -2.62. The fraction of sp³-hybridized carbons (Fsp3) is 0.957. The Labute approximate surface area is 173 Å². The van der Waals surface area contributed by atoms with Crippen molar-refractivity contribution in [2.45, 2.75) is 96.7 Å². The van der Waals surface area contributed by atoms with Crippen molar-refractivity contribution in [1.29, 1.82) is 0 Å². The molecule has 6 heteroatoms. The lowest BCUT2D eigenvalue weighted by molar-refractivity contribution is -0.482.